The van der Waals surface area contributed by atoms with Gasteiger partial charge in [-0.15, -0.1) is 0 Å². The van der Waals surface area contributed by atoms with Crippen molar-refractivity contribution in [1.29, 1.82) is 0 Å². The Hall–Kier alpha value is 5.53. The van der Waals surface area contributed by atoms with Gasteiger partial charge in [0, 0.05) is 183 Å². The van der Waals surface area contributed by atoms with Gasteiger partial charge in [0.25, 0.3) is 0 Å². The van der Waals surface area contributed by atoms with Crippen molar-refractivity contribution in [2.24, 2.45) is 0 Å². The van der Waals surface area contributed by atoms with Gasteiger partial charge in [-0.25, -0.2) is 0 Å². The Morgan fingerprint density at radius 1 is 0.944 bits per heavy atom. The summed E-state index contributed by atoms with van der Waals surface area (Å²) in [5.41, 5.74) is 0. The molecule has 1 saturated heterocycles. The molecule has 0 aromatic rings. The van der Waals surface area contributed by atoms with Crippen LogP contribution in [-0.4, -0.2) is 64.3 Å². The minimum absolute atomic E-state index is 0. The Bertz CT molecular complexity index is 185. The van der Waals surface area contributed by atoms with Crippen molar-refractivity contribution >= 4 is 0 Å². The molecule has 4 N–H and O–H groups in total. The van der Waals surface area contributed by atoms with Crippen molar-refractivity contribution < 1.29 is 206 Å². The third kappa shape index (κ3) is 9.73. The van der Waals surface area contributed by atoms with Gasteiger partial charge in [0.05, 0.1) is 6.61 Å². The maximum atomic E-state index is 9.41. The van der Waals surface area contributed by atoms with Gasteiger partial charge in [-0.1, -0.05) is 0 Å². The first-order chi connectivity index (χ1) is 6.61. The van der Waals surface area contributed by atoms with Gasteiger partial charge in [0.2, 0.25) is 0 Å². The van der Waals surface area contributed by atoms with E-state index in [2.05, 4.69) is 0 Å². The molecular formula is C8H16Ac4O6. The Morgan fingerprint density at radius 3 is 1.83 bits per heavy atom. The second-order valence-electron chi connectivity index (χ2n) is 3.15. The van der Waals surface area contributed by atoms with Crippen molar-refractivity contribution in [2.45, 2.75) is 37.6 Å². The molecule has 1 fully saturated rings. The minimum Gasteiger partial charge on any atom is -0.394 e. The van der Waals surface area contributed by atoms with Crippen molar-refractivity contribution in [2.75, 3.05) is 13.2 Å². The first kappa shape index (κ1) is 31.3. The third-order valence-electron chi connectivity index (χ3n) is 2.18. The number of aliphatic hydroxyl groups is 4. The summed E-state index contributed by atoms with van der Waals surface area (Å²) in [7, 11) is 0. The van der Waals surface area contributed by atoms with Gasteiger partial charge >= 0.3 is 0 Å². The van der Waals surface area contributed by atoms with Gasteiger partial charge < -0.3 is 29.9 Å². The van der Waals surface area contributed by atoms with E-state index in [1.54, 1.807) is 6.92 Å². The van der Waals surface area contributed by atoms with Crippen LogP contribution in [0.15, 0.2) is 0 Å². The number of aliphatic hydroxyl groups excluding tert-OH is 4. The van der Waals surface area contributed by atoms with E-state index in [0.29, 0.717) is 6.61 Å². The van der Waals surface area contributed by atoms with E-state index in [1.165, 1.54) is 0 Å². The van der Waals surface area contributed by atoms with Crippen LogP contribution >= 0.6 is 0 Å². The van der Waals surface area contributed by atoms with Gasteiger partial charge in [-0.3, -0.25) is 0 Å². The second-order valence-corrected chi connectivity index (χ2v) is 3.15. The fraction of sp³-hybridized carbons (Fsp3) is 1.00. The van der Waals surface area contributed by atoms with Crippen LogP contribution in [-0.2, 0) is 9.47 Å². The number of hydrogen-bond acceptors (Lipinski definition) is 6. The quantitative estimate of drug-likeness (QED) is 0.257. The van der Waals surface area contributed by atoms with Crippen LogP contribution in [0.5, 0.6) is 0 Å². The number of rotatable bonds is 3. The Labute approximate surface area is 250 Å². The van der Waals surface area contributed by atoms with Crippen molar-refractivity contribution in [3.8, 4) is 0 Å². The maximum Gasteiger partial charge on any atom is 0.186 e. The molecule has 18 heavy (non-hydrogen) atoms. The topological polar surface area (TPSA) is 99.4 Å². The zero-order valence-corrected chi connectivity index (χ0v) is 29.2. The Balaban J connectivity index is -0.000000245. The smallest absolute Gasteiger partial charge is 0.186 e. The van der Waals surface area contributed by atoms with Gasteiger partial charge in [-0.2, -0.15) is 0 Å². The van der Waals surface area contributed by atoms with E-state index in [0.717, 1.165) is 0 Å². The maximum absolute atomic E-state index is 9.41. The molecule has 0 spiro atoms. The summed E-state index contributed by atoms with van der Waals surface area (Å²) in [6.45, 7) is 1.58. The molecular weight excluding hydrogens is 1100 g/mol. The zero-order chi connectivity index (χ0) is 10.7. The summed E-state index contributed by atoms with van der Waals surface area (Å²) in [4.78, 5) is 0. The summed E-state index contributed by atoms with van der Waals surface area (Å²) in [5.74, 6) is 0. The monoisotopic (exact) mass is 1120 g/mol. The van der Waals surface area contributed by atoms with Crippen molar-refractivity contribution in [1.82, 2.24) is 0 Å². The number of hydrogen-bond donors (Lipinski definition) is 4. The van der Waals surface area contributed by atoms with Crippen molar-refractivity contribution in [3.63, 3.8) is 0 Å². The molecule has 0 aromatic carbocycles. The predicted octanol–water partition coefficient (Wildman–Crippen LogP) is -2.18. The fourth-order valence-corrected chi connectivity index (χ4v) is 1.37. The molecule has 0 aromatic heterocycles. The molecule has 0 amide bonds. The largest absolute Gasteiger partial charge is 0.394 e. The normalized spacial score (nSPS) is 34.2. The van der Waals surface area contributed by atoms with Gasteiger partial charge in [0.1, 0.15) is 24.4 Å². The van der Waals surface area contributed by atoms with E-state index in [1.807, 2.05) is 0 Å². The summed E-state index contributed by atoms with van der Waals surface area (Å²) < 4.78 is 10.0. The van der Waals surface area contributed by atoms with Crippen molar-refractivity contribution in [3.05, 3.63) is 0 Å². The van der Waals surface area contributed by atoms with E-state index in [9.17, 15) is 15.3 Å². The Morgan fingerprint density at radius 2 is 1.44 bits per heavy atom. The van der Waals surface area contributed by atoms with Crippen LogP contribution in [0.1, 0.15) is 6.92 Å². The van der Waals surface area contributed by atoms with E-state index in [-0.39, 0.29) is 176 Å². The van der Waals surface area contributed by atoms with Crippen LogP contribution in [0.3, 0.4) is 0 Å². The molecule has 1 rings (SSSR count). The zero-order valence-electron chi connectivity index (χ0n) is 10.2. The molecule has 1 aliphatic rings. The summed E-state index contributed by atoms with van der Waals surface area (Å²) in [6.07, 6.45) is -5.89. The van der Waals surface area contributed by atoms with E-state index >= 15 is 0 Å². The van der Waals surface area contributed by atoms with Crippen LogP contribution in [0.4, 0.5) is 0 Å². The molecule has 5 atom stereocenters. The van der Waals surface area contributed by atoms with Gasteiger partial charge in [-0.05, 0) is 6.92 Å². The van der Waals surface area contributed by atoms with Crippen LogP contribution < -0.4 is 0 Å². The van der Waals surface area contributed by atoms with Crippen LogP contribution in [0.2, 0.25) is 0 Å². The average molecular weight is 1120 g/mol. The molecule has 1 aliphatic heterocycles. The molecule has 96 valence electrons. The molecule has 0 aliphatic carbocycles. The second kappa shape index (κ2) is 17.4. The summed E-state index contributed by atoms with van der Waals surface area (Å²) in [6, 6.07) is 0. The summed E-state index contributed by atoms with van der Waals surface area (Å²) in [5, 5.41) is 36.9. The van der Waals surface area contributed by atoms with Gasteiger partial charge in [0.15, 0.2) is 6.29 Å². The van der Waals surface area contributed by atoms with E-state index in [4.69, 9.17) is 14.6 Å². The number of ether oxygens (including phenoxy) is 2. The first-order valence-electron chi connectivity index (χ1n) is 4.54. The molecule has 4 radical (unpaired) electrons. The van der Waals surface area contributed by atoms with E-state index < -0.39 is 37.3 Å². The predicted molar refractivity (Wildman–Crippen MR) is 45.4 cm³/mol. The fourth-order valence-electron chi connectivity index (χ4n) is 1.37. The molecule has 10 heteroatoms. The summed E-state index contributed by atoms with van der Waals surface area (Å²) >= 11 is 0. The van der Waals surface area contributed by atoms with Crippen LogP contribution in [0, 0.1) is 176 Å². The SMILES string of the molecule is CCO[C@H]1OC(CO)[C@@H](O)[C@H](O)C1O.[Ac].[Ac].[Ac].[Ac]. The molecule has 0 bridgehead atoms. The first-order valence-corrected chi connectivity index (χ1v) is 4.54. The third-order valence-corrected chi connectivity index (χ3v) is 2.18. The molecule has 0 saturated carbocycles. The Kier molecular flexibility index (Phi) is 30.2. The average Bonchev–Trinajstić information content (AvgIpc) is 2.19. The molecule has 1 heterocycles. The van der Waals surface area contributed by atoms with Crippen LogP contribution in [0.25, 0.3) is 0 Å². The minimum atomic E-state index is -1.36. The standard InChI is InChI=1S/C8H16O6.4Ac/c1-2-13-8-7(12)6(11)5(10)4(3-9)14-8;;;;/h4-12H,2-3H2,1H3;;;;/t4?,5-,6+,7?,8+;;;;/m1..../s1. The molecule has 2 unspecified atom stereocenters. The molecule has 6 nitrogen and oxygen atoms in total.